The molecule has 0 spiro atoms. The van der Waals surface area contributed by atoms with Gasteiger partial charge in [0.2, 0.25) is 5.91 Å². The maximum absolute atomic E-state index is 13.0. The first-order valence-corrected chi connectivity index (χ1v) is 9.71. The number of nitrogens with zero attached hydrogens (tertiary/aromatic N) is 3. The molecule has 1 aliphatic heterocycles. The van der Waals surface area contributed by atoms with E-state index in [-0.39, 0.29) is 5.91 Å². The minimum atomic E-state index is -0.752. The summed E-state index contributed by atoms with van der Waals surface area (Å²) in [5.74, 6) is 0.425. The Morgan fingerprint density at radius 1 is 1.43 bits per heavy atom. The van der Waals surface area contributed by atoms with Crippen LogP contribution in [0.4, 0.5) is 0 Å². The number of hydrogen-bond donors (Lipinski definition) is 0. The van der Waals surface area contributed by atoms with Crippen LogP contribution in [0.2, 0.25) is 0 Å². The molecular formula is C18H25N3OS. The molecule has 0 bridgehead atoms. The van der Waals surface area contributed by atoms with Gasteiger partial charge in [0.15, 0.2) is 0 Å². The topological polar surface area (TPSA) is 57.0 Å². The van der Waals surface area contributed by atoms with Gasteiger partial charge in [-0.05, 0) is 32.1 Å². The highest BCUT2D eigenvalue weighted by molar-refractivity contribution is 7.09. The molecule has 1 saturated carbocycles. The Hall–Kier alpha value is -1.41. The third-order valence-corrected chi connectivity index (χ3v) is 6.38. The van der Waals surface area contributed by atoms with Crippen molar-refractivity contribution in [3.63, 3.8) is 0 Å². The van der Waals surface area contributed by atoms with Crippen molar-refractivity contribution in [2.24, 2.45) is 5.41 Å². The summed E-state index contributed by atoms with van der Waals surface area (Å²) in [7, 11) is 0. The zero-order valence-corrected chi connectivity index (χ0v) is 14.7. The molecule has 1 amide bonds. The van der Waals surface area contributed by atoms with Crippen LogP contribution in [-0.2, 0) is 11.2 Å². The quantitative estimate of drug-likeness (QED) is 0.844. The van der Waals surface area contributed by atoms with Crippen LogP contribution in [0, 0.1) is 16.7 Å². The summed E-state index contributed by atoms with van der Waals surface area (Å²) < 4.78 is 0. The van der Waals surface area contributed by atoms with Gasteiger partial charge in [-0.25, -0.2) is 4.98 Å². The number of carbonyl (C=O) groups excluding carboxylic acids is 1. The Morgan fingerprint density at radius 3 is 2.87 bits per heavy atom. The van der Waals surface area contributed by atoms with Gasteiger partial charge in [0.1, 0.15) is 5.41 Å². The van der Waals surface area contributed by atoms with E-state index in [0.29, 0.717) is 5.92 Å². The van der Waals surface area contributed by atoms with Crippen molar-refractivity contribution >= 4 is 17.2 Å². The van der Waals surface area contributed by atoms with E-state index in [1.807, 2.05) is 4.90 Å². The number of thiazole rings is 1. The highest BCUT2D eigenvalue weighted by atomic mass is 32.1. The number of hydrogen-bond acceptors (Lipinski definition) is 4. The van der Waals surface area contributed by atoms with Gasteiger partial charge in [-0.2, -0.15) is 5.26 Å². The lowest BCUT2D eigenvalue weighted by atomic mass is 9.74. The van der Waals surface area contributed by atoms with Crippen molar-refractivity contribution in [3.8, 4) is 6.07 Å². The first-order chi connectivity index (χ1) is 11.2. The summed E-state index contributed by atoms with van der Waals surface area (Å²) in [6.07, 6.45) is 7.70. The van der Waals surface area contributed by atoms with Crippen LogP contribution in [0.5, 0.6) is 0 Å². The van der Waals surface area contributed by atoms with Crippen molar-refractivity contribution in [1.82, 2.24) is 9.88 Å². The van der Waals surface area contributed by atoms with Crippen LogP contribution in [0.1, 0.15) is 68.5 Å². The fraction of sp³-hybridized carbons (Fsp3) is 0.722. The van der Waals surface area contributed by atoms with Gasteiger partial charge in [-0.15, -0.1) is 11.3 Å². The van der Waals surface area contributed by atoms with E-state index in [1.54, 1.807) is 11.3 Å². The number of aryl methyl sites for hydroxylation is 1. The van der Waals surface area contributed by atoms with E-state index in [4.69, 9.17) is 4.98 Å². The maximum Gasteiger partial charge on any atom is 0.243 e. The lowest BCUT2D eigenvalue weighted by Crippen LogP contribution is -2.48. The summed E-state index contributed by atoms with van der Waals surface area (Å²) in [5.41, 5.74) is 0.395. The fourth-order valence-corrected chi connectivity index (χ4v) is 4.90. The molecule has 0 unspecified atom stereocenters. The van der Waals surface area contributed by atoms with Gasteiger partial charge in [-0.3, -0.25) is 4.79 Å². The normalized spacial score (nSPS) is 24.2. The minimum absolute atomic E-state index is 0.0803. The molecule has 2 heterocycles. The SMILES string of the molecule is CCc1csc([C@@H]2CCCN(C(=O)C3(C#N)CCCCC3)C2)n1. The summed E-state index contributed by atoms with van der Waals surface area (Å²) in [6, 6.07) is 2.38. The number of likely N-dealkylation sites (tertiary alicyclic amines) is 1. The molecule has 0 aromatic carbocycles. The van der Waals surface area contributed by atoms with E-state index in [2.05, 4.69) is 18.4 Å². The van der Waals surface area contributed by atoms with Gasteiger partial charge in [-0.1, -0.05) is 26.2 Å². The Labute approximate surface area is 142 Å². The van der Waals surface area contributed by atoms with Crippen LogP contribution >= 0.6 is 11.3 Å². The molecule has 1 aromatic rings. The molecule has 1 aliphatic carbocycles. The zero-order valence-electron chi connectivity index (χ0n) is 13.9. The van der Waals surface area contributed by atoms with Crippen molar-refractivity contribution in [1.29, 1.82) is 5.26 Å². The summed E-state index contributed by atoms with van der Waals surface area (Å²) in [6.45, 7) is 3.65. The molecule has 1 aromatic heterocycles. The fourth-order valence-electron chi connectivity index (χ4n) is 3.87. The van der Waals surface area contributed by atoms with Crippen molar-refractivity contribution in [2.45, 2.75) is 64.2 Å². The smallest absolute Gasteiger partial charge is 0.243 e. The first kappa shape index (κ1) is 16.4. The van der Waals surface area contributed by atoms with Crippen LogP contribution in [0.3, 0.4) is 0 Å². The van der Waals surface area contributed by atoms with Crippen molar-refractivity contribution in [2.75, 3.05) is 13.1 Å². The first-order valence-electron chi connectivity index (χ1n) is 8.83. The summed E-state index contributed by atoms with van der Waals surface area (Å²) in [4.78, 5) is 19.7. The van der Waals surface area contributed by atoms with Gasteiger partial charge < -0.3 is 4.90 Å². The van der Waals surface area contributed by atoms with E-state index in [9.17, 15) is 10.1 Å². The lowest BCUT2D eigenvalue weighted by Gasteiger charge is -2.38. The Balaban J connectivity index is 1.72. The molecule has 2 aliphatic rings. The second-order valence-corrected chi connectivity index (χ2v) is 7.77. The second kappa shape index (κ2) is 7.00. The summed E-state index contributed by atoms with van der Waals surface area (Å²) in [5, 5.41) is 12.9. The molecule has 4 nitrogen and oxygen atoms in total. The van der Waals surface area contributed by atoms with Crippen molar-refractivity contribution < 1.29 is 4.79 Å². The summed E-state index contributed by atoms with van der Waals surface area (Å²) >= 11 is 1.72. The molecule has 2 fully saturated rings. The van der Waals surface area contributed by atoms with Gasteiger partial charge in [0.05, 0.1) is 16.8 Å². The standard InChI is InChI=1S/C18H25N3OS/c1-2-15-12-23-16(20-15)14-7-6-10-21(11-14)17(22)18(13-19)8-4-3-5-9-18/h12,14H,2-11H2,1H3/t14-/m1/s1. The van der Waals surface area contributed by atoms with Crippen LogP contribution in [0.25, 0.3) is 0 Å². The molecule has 1 saturated heterocycles. The zero-order chi connectivity index (χ0) is 16.3. The van der Waals surface area contributed by atoms with Gasteiger partial charge in [0, 0.05) is 24.4 Å². The van der Waals surface area contributed by atoms with E-state index < -0.39 is 5.41 Å². The van der Waals surface area contributed by atoms with Crippen molar-refractivity contribution in [3.05, 3.63) is 16.1 Å². The van der Waals surface area contributed by atoms with E-state index >= 15 is 0 Å². The number of nitriles is 1. The number of amides is 1. The predicted molar refractivity (Wildman–Crippen MR) is 91.2 cm³/mol. The number of carbonyl (C=O) groups is 1. The maximum atomic E-state index is 13.0. The van der Waals surface area contributed by atoms with Gasteiger partial charge in [0.25, 0.3) is 0 Å². The average molecular weight is 331 g/mol. The molecule has 0 radical (unpaired) electrons. The van der Waals surface area contributed by atoms with E-state index in [0.717, 1.165) is 75.2 Å². The molecule has 5 heteroatoms. The number of aromatic nitrogens is 1. The second-order valence-electron chi connectivity index (χ2n) is 6.88. The Bertz CT molecular complexity index is 598. The van der Waals surface area contributed by atoms with Crippen LogP contribution in [-0.4, -0.2) is 28.9 Å². The Kier molecular flexibility index (Phi) is 5.01. The molecule has 3 rings (SSSR count). The molecule has 1 atom stereocenters. The highest BCUT2D eigenvalue weighted by Gasteiger charge is 2.43. The third kappa shape index (κ3) is 3.28. The van der Waals surface area contributed by atoms with E-state index in [1.165, 1.54) is 0 Å². The third-order valence-electron chi connectivity index (χ3n) is 5.32. The monoisotopic (exact) mass is 331 g/mol. The predicted octanol–water partition coefficient (Wildman–Crippen LogP) is 3.89. The Morgan fingerprint density at radius 2 is 2.22 bits per heavy atom. The van der Waals surface area contributed by atoms with Gasteiger partial charge >= 0.3 is 0 Å². The molecular weight excluding hydrogens is 306 g/mol. The molecule has 23 heavy (non-hydrogen) atoms. The van der Waals surface area contributed by atoms with Crippen LogP contribution in [0.15, 0.2) is 5.38 Å². The molecule has 0 N–H and O–H groups in total. The lowest BCUT2D eigenvalue weighted by molar-refractivity contribution is -0.141. The average Bonchev–Trinajstić information content (AvgIpc) is 3.11. The molecule has 124 valence electrons. The highest BCUT2D eigenvalue weighted by Crippen LogP contribution is 2.39. The largest absolute Gasteiger partial charge is 0.341 e. The van der Waals surface area contributed by atoms with Crippen LogP contribution < -0.4 is 0 Å². The number of rotatable bonds is 3. The number of piperidine rings is 1. The minimum Gasteiger partial charge on any atom is -0.341 e.